The topological polar surface area (TPSA) is 95.1 Å². The van der Waals surface area contributed by atoms with Crippen LogP contribution in [0.3, 0.4) is 0 Å². The van der Waals surface area contributed by atoms with Gasteiger partial charge in [-0.25, -0.2) is 4.68 Å². The fourth-order valence-corrected chi connectivity index (χ4v) is 2.69. The van der Waals surface area contributed by atoms with Crippen molar-refractivity contribution in [2.24, 2.45) is 0 Å². The highest BCUT2D eigenvalue weighted by Gasteiger charge is 2.12. The Kier molecular flexibility index (Phi) is 5.12. The molecule has 0 saturated carbocycles. The Bertz CT molecular complexity index is 803. The van der Waals surface area contributed by atoms with Gasteiger partial charge in [0.25, 0.3) is 0 Å². The molecular formula is C15H15N5O3S. The fraction of sp³-hybridized carbons (Fsp3) is 0.200. The molecule has 3 aromatic rings. The number of nitrogens with zero attached hydrogens (tertiary/aromatic N) is 4. The standard InChI is InChI=1S/C15H15N5O3S/c1-22-13-7-3-2-6-12(13)16-14(21)10-24-15-17-18-19-20(15)9-11-5-4-8-23-11/h2-8H,9-10H2,1H3,(H,16,21). The zero-order valence-electron chi connectivity index (χ0n) is 12.9. The minimum Gasteiger partial charge on any atom is -0.495 e. The molecule has 0 bridgehead atoms. The minimum absolute atomic E-state index is 0.169. The number of thioether (sulfide) groups is 1. The molecule has 1 amide bonds. The Morgan fingerprint density at radius 2 is 2.21 bits per heavy atom. The van der Waals surface area contributed by atoms with Crippen LogP contribution in [-0.2, 0) is 11.3 Å². The summed E-state index contributed by atoms with van der Waals surface area (Å²) in [6.07, 6.45) is 1.59. The van der Waals surface area contributed by atoms with E-state index in [0.29, 0.717) is 23.1 Å². The molecule has 0 saturated heterocycles. The van der Waals surface area contributed by atoms with E-state index in [1.54, 1.807) is 36.3 Å². The number of aromatic nitrogens is 4. The van der Waals surface area contributed by atoms with Gasteiger partial charge in [-0.15, -0.1) is 5.10 Å². The Morgan fingerprint density at radius 3 is 3.00 bits per heavy atom. The molecule has 1 aromatic carbocycles. The number of ether oxygens (including phenoxy) is 1. The monoisotopic (exact) mass is 345 g/mol. The third kappa shape index (κ3) is 3.93. The summed E-state index contributed by atoms with van der Waals surface area (Å²) in [4.78, 5) is 12.1. The number of carbonyl (C=O) groups is 1. The van der Waals surface area contributed by atoms with Crippen LogP contribution in [0.25, 0.3) is 0 Å². The number of carbonyl (C=O) groups excluding carboxylic acids is 1. The predicted molar refractivity (Wildman–Crippen MR) is 88.0 cm³/mol. The van der Waals surface area contributed by atoms with Crippen molar-refractivity contribution in [2.75, 3.05) is 18.2 Å². The molecule has 8 nitrogen and oxygen atoms in total. The summed E-state index contributed by atoms with van der Waals surface area (Å²) in [7, 11) is 1.56. The SMILES string of the molecule is COc1ccccc1NC(=O)CSc1nnnn1Cc1ccco1. The summed E-state index contributed by atoms with van der Waals surface area (Å²) < 4.78 is 12.1. The molecule has 2 aromatic heterocycles. The van der Waals surface area contributed by atoms with Gasteiger partial charge in [-0.2, -0.15) is 0 Å². The van der Waals surface area contributed by atoms with Gasteiger partial charge in [0, 0.05) is 0 Å². The molecule has 0 aliphatic heterocycles. The van der Waals surface area contributed by atoms with Crippen LogP contribution in [-0.4, -0.2) is 39.0 Å². The van der Waals surface area contributed by atoms with Crippen molar-refractivity contribution < 1.29 is 13.9 Å². The average Bonchev–Trinajstić information content (AvgIpc) is 3.26. The van der Waals surface area contributed by atoms with Crippen molar-refractivity contribution in [1.82, 2.24) is 20.2 Å². The van der Waals surface area contributed by atoms with Crippen LogP contribution in [0, 0.1) is 0 Å². The first-order valence-electron chi connectivity index (χ1n) is 7.10. The second-order valence-corrected chi connectivity index (χ2v) is 5.68. The predicted octanol–water partition coefficient (Wildman–Crippen LogP) is 2.05. The van der Waals surface area contributed by atoms with Gasteiger partial charge < -0.3 is 14.5 Å². The molecule has 0 aliphatic rings. The third-order valence-electron chi connectivity index (χ3n) is 3.10. The second-order valence-electron chi connectivity index (χ2n) is 4.74. The van der Waals surface area contributed by atoms with Gasteiger partial charge in [0.1, 0.15) is 18.1 Å². The smallest absolute Gasteiger partial charge is 0.234 e. The van der Waals surface area contributed by atoms with Crippen LogP contribution in [0.2, 0.25) is 0 Å². The van der Waals surface area contributed by atoms with E-state index in [2.05, 4.69) is 20.8 Å². The van der Waals surface area contributed by atoms with E-state index in [0.717, 1.165) is 5.76 Å². The molecule has 1 N–H and O–H groups in total. The molecule has 124 valence electrons. The average molecular weight is 345 g/mol. The Morgan fingerprint density at radius 1 is 1.33 bits per heavy atom. The van der Waals surface area contributed by atoms with Crippen LogP contribution in [0.5, 0.6) is 5.75 Å². The Balaban J connectivity index is 1.58. The Labute approximate surface area is 142 Å². The second kappa shape index (κ2) is 7.64. The number of amides is 1. The number of nitrogens with one attached hydrogen (secondary N) is 1. The number of hydrogen-bond donors (Lipinski definition) is 1. The van der Waals surface area contributed by atoms with Gasteiger partial charge in [0.2, 0.25) is 11.1 Å². The zero-order chi connectivity index (χ0) is 16.8. The summed E-state index contributed by atoms with van der Waals surface area (Å²) in [6.45, 7) is 0.413. The van der Waals surface area contributed by atoms with E-state index in [9.17, 15) is 4.79 Å². The van der Waals surface area contributed by atoms with Crippen LogP contribution in [0.4, 0.5) is 5.69 Å². The van der Waals surface area contributed by atoms with Crippen molar-refractivity contribution in [3.05, 3.63) is 48.4 Å². The summed E-state index contributed by atoms with van der Waals surface area (Å²) in [5.41, 5.74) is 0.626. The van der Waals surface area contributed by atoms with Crippen molar-refractivity contribution in [3.63, 3.8) is 0 Å². The molecule has 24 heavy (non-hydrogen) atoms. The lowest BCUT2D eigenvalue weighted by atomic mass is 10.3. The van der Waals surface area contributed by atoms with Crippen molar-refractivity contribution in [2.45, 2.75) is 11.7 Å². The highest BCUT2D eigenvalue weighted by molar-refractivity contribution is 7.99. The molecule has 0 unspecified atom stereocenters. The highest BCUT2D eigenvalue weighted by Crippen LogP contribution is 2.23. The first-order chi connectivity index (χ1) is 11.8. The summed E-state index contributed by atoms with van der Waals surface area (Å²) in [5.74, 6) is 1.36. The van der Waals surface area contributed by atoms with Crippen LogP contribution in [0.1, 0.15) is 5.76 Å². The molecule has 0 fully saturated rings. The quantitative estimate of drug-likeness (QED) is 0.655. The number of tetrazole rings is 1. The number of para-hydroxylation sites is 2. The number of furan rings is 1. The fourth-order valence-electron chi connectivity index (χ4n) is 2.01. The maximum atomic E-state index is 12.1. The maximum absolute atomic E-state index is 12.1. The minimum atomic E-state index is -0.169. The van der Waals surface area contributed by atoms with Gasteiger partial charge >= 0.3 is 0 Å². The van der Waals surface area contributed by atoms with Gasteiger partial charge in [0.15, 0.2) is 0 Å². The normalized spacial score (nSPS) is 10.5. The lowest BCUT2D eigenvalue weighted by Crippen LogP contribution is -2.15. The van der Waals surface area contributed by atoms with Crippen molar-refractivity contribution in [3.8, 4) is 5.75 Å². The van der Waals surface area contributed by atoms with E-state index in [4.69, 9.17) is 9.15 Å². The van der Waals surface area contributed by atoms with Crippen LogP contribution >= 0.6 is 11.8 Å². The number of benzene rings is 1. The van der Waals surface area contributed by atoms with Gasteiger partial charge in [0.05, 0.1) is 24.8 Å². The van der Waals surface area contributed by atoms with Gasteiger partial charge in [-0.05, 0) is 34.7 Å². The van der Waals surface area contributed by atoms with Gasteiger partial charge in [-0.3, -0.25) is 4.79 Å². The summed E-state index contributed by atoms with van der Waals surface area (Å²) >= 11 is 1.25. The summed E-state index contributed by atoms with van der Waals surface area (Å²) in [6, 6.07) is 10.9. The number of rotatable bonds is 7. The van der Waals surface area contributed by atoms with E-state index in [-0.39, 0.29) is 11.7 Å². The molecule has 0 atom stereocenters. The third-order valence-corrected chi connectivity index (χ3v) is 4.06. The molecule has 3 rings (SSSR count). The van der Waals surface area contributed by atoms with E-state index >= 15 is 0 Å². The zero-order valence-corrected chi connectivity index (χ0v) is 13.7. The van der Waals surface area contributed by atoms with E-state index < -0.39 is 0 Å². The molecule has 0 aliphatic carbocycles. The maximum Gasteiger partial charge on any atom is 0.234 e. The first kappa shape index (κ1) is 16.1. The lowest BCUT2D eigenvalue weighted by Gasteiger charge is -2.09. The van der Waals surface area contributed by atoms with Crippen LogP contribution in [0.15, 0.2) is 52.2 Å². The largest absolute Gasteiger partial charge is 0.495 e. The Hall–Kier alpha value is -2.81. The van der Waals surface area contributed by atoms with Crippen molar-refractivity contribution in [1.29, 1.82) is 0 Å². The molecule has 0 radical (unpaired) electrons. The highest BCUT2D eigenvalue weighted by atomic mass is 32.2. The molecule has 9 heteroatoms. The van der Waals surface area contributed by atoms with Crippen LogP contribution < -0.4 is 10.1 Å². The molecule has 2 heterocycles. The van der Waals surface area contributed by atoms with Gasteiger partial charge in [-0.1, -0.05) is 23.9 Å². The van der Waals surface area contributed by atoms with Crippen molar-refractivity contribution >= 4 is 23.4 Å². The van der Waals surface area contributed by atoms with E-state index in [1.165, 1.54) is 11.8 Å². The van der Waals surface area contributed by atoms with E-state index in [1.807, 2.05) is 18.2 Å². The molecular weight excluding hydrogens is 330 g/mol. The summed E-state index contributed by atoms with van der Waals surface area (Å²) in [5, 5.41) is 14.8. The molecule has 0 spiro atoms. The number of anilines is 1. The lowest BCUT2D eigenvalue weighted by molar-refractivity contribution is -0.113. The number of methoxy groups -OCH3 is 1. The number of hydrogen-bond acceptors (Lipinski definition) is 7. The first-order valence-corrected chi connectivity index (χ1v) is 8.09.